The quantitative estimate of drug-likeness (QED) is 0.751. The van der Waals surface area contributed by atoms with Crippen LogP contribution in [0.3, 0.4) is 0 Å². The Morgan fingerprint density at radius 2 is 2.57 bits per heavy atom. The number of thiol groups is 1. The van der Waals surface area contributed by atoms with Crippen LogP contribution in [0.2, 0.25) is 0 Å². The topological polar surface area (TPSA) is 46.3 Å². The SMILES string of the molecule is CCc1cc(N2CC(S)CC2=O)on1. The highest BCUT2D eigenvalue weighted by Crippen LogP contribution is 2.24. The number of hydrogen-bond donors (Lipinski definition) is 1. The molecule has 1 aliphatic rings. The maximum absolute atomic E-state index is 11.5. The van der Waals surface area contributed by atoms with Crippen molar-refractivity contribution in [2.45, 2.75) is 25.0 Å². The monoisotopic (exact) mass is 212 g/mol. The summed E-state index contributed by atoms with van der Waals surface area (Å²) >= 11 is 4.27. The molecule has 4 nitrogen and oxygen atoms in total. The molecule has 0 radical (unpaired) electrons. The summed E-state index contributed by atoms with van der Waals surface area (Å²) in [6.07, 6.45) is 1.29. The standard InChI is InChI=1S/C9H12N2O2S/c1-2-6-3-9(13-10-6)11-5-7(14)4-8(11)12/h3,7,14H,2,4-5H2,1H3. The largest absolute Gasteiger partial charge is 0.338 e. The van der Waals surface area contributed by atoms with Gasteiger partial charge in [0.2, 0.25) is 11.8 Å². The van der Waals surface area contributed by atoms with Gasteiger partial charge >= 0.3 is 0 Å². The van der Waals surface area contributed by atoms with Gasteiger partial charge in [-0.2, -0.15) is 12.6 Å². The Hall–Kier alpha value is -0.970. The third-order valence-electron chi connectivity index (χ3n) is 2.28. The van der Waals surface area contributed by atoms with E-state index in [9.17, 15) is 4.79 Å². The molecular weight excluding hydrogens is 200 g/mol. The molecule has 0 saturated carbocycles. The van der Waals surface area contributed by atoms with Crippen LogP contribution in [0.25, 0.3) is 0 Å². The molecule has 1 fully saturated rings. The number of anilines is 1. The highest BCUT2D eigenvalue weighted by Gasteiger charge is 2.30. The summed E-state index contributed by atoms with van der Waals surface area (Å²) < 4.78 is 5.08. The molecule has 1 unspecified atom stereocenters. The molecule has 1 aromatic rings. The number of nitrogens with zero attached hydrogens (tertiary/aromatic N) is 2. The van der Waals surface area contributed by atoms with Crippen LogP contribution in [0.1, 0.15) is 19.0 Å². The Labute approximate surface area is 87.7 Å². The van der Waals surface area contributed by atoms with E-state index in [-0.39, 0.29) is 11.2 Å². The van der Waals surface area contributed by atoms with Gasteiger partial charge < -0.3 is 4.52 Å². The third-order valence-corrected chi connectivity index (χ3v) is 2.63. The van der Waals surface area contributed by atoms with Gasteiger partial charge in [0.05, 0.1) is 5.69 Å². The molecule has 1 aliphatic heterocycles. The van der Waals surface area contributed by atoms with E-state index >= 15 is 0 Å². The lowest BCUT2D eigenvalue weighted by molar-refractivity contribution is -0.117. The van der Waals surface area contributed by atoms with E-state index in [0.29, 0.717) is 18.8 Å². The second-order valence-electron chi connectivity index (χ2n) is 3.37. The number of hydrogen-bond acceptors (Lipinski definition) is 4. The Morgan fingerprint density at radius 1 is 1.79 bits per heavy atom. The second kappa shape index (κ2) is 3.65. The van der Waals surface area contributed by atoms with Crippen LogP contribution in [-0.4, -0.2) is 22.9 Å². The highest BCUT2D eigenvalue weighted by atomic mass is 32.1. The summed E-state index contributed by atoms with van der Waals surface area (Å²) in [4.78, 5) is 13.1. The van der Waals surface area contributed by atoms with Gasteiger partial charge in [0.25, 0.3) is 0 Å². The predicted octanol–water partition coefficient (Wildman–Crippen LogP) is 1.27. The second-order valence-corrected chi connectivity index (χ2v) is 4.10. The molecule has 5 heteroatoms. The summed E-state index contributed by atoms with van der Waals surface area (Å²) in [5.41, 5.74) is 0.871. The van der Waals surface area contributed by atoms with Crippen molar-refractivity contribution in [3.63, 3.8) is 0 Å². The zero-order valence-electron chi connectivity index (χ0n) is 7.93. The molecule has 76 valence electrons. The van der Waals surface area contributed by atoms with E-state index in [0.717, 1.165) is 12.1 Å². The third kappa shape index (κ3) is 1.64. The molecule has 2 rings (SSSR count). The van der Waals surface area contributed by atoms with Crippen molar-refractivity contribution in [2.24, 2.45) is 0 Å². The van der Waals surface area contributed by atoms with Crippen LogP contribution in [0.4, 0.5) is 5.88 Å². The van der Waals surface area contributed by atoms with E-state index in [1.165, 1.54) is 0 Å². The summed E-state index contributed by atoms with van der Waals surface area (Å²) in [6, 6.07) is 1.81. The minimum absolute atomic E-state index is 0.0591. The van der Waals surface area contributed by atoms with Gasteiger partial charge in [-0.05, 0) is 6.42 Å². The van der Waals surface area contributed by atoms with Crippen LogP contribution in [0.15, 0.2) is 10.6 Å². The molecule has 1 aromatic heterocycles. The van der Waals surface area contributed by atoms with E-state index in [1.54, 1.807) is 4.90 Å². The Morgan fingerprint density at radius 3 is 3.07 bits per heavy atom. The number of amides is 1. The van der Waals surface area contributed by atoms with E-state index in [2.05, 4.69) is 17.8 Å². The van der Waals surface area contributed by atoms with Gasteiger partial charge in [-0.25, -0.2) is 0 Å². The lowest BCUT2D eigenvalue weighted by Gasteiger charge is -2.09. The first-order valence-electron chi connectivity index (χ1n) is 4.64. The highest BCUT2D eigenvalue weighted by molar-refractivity contribution is 7.81. The first-order chi connectivity index (χ1) is 6.70. The van der Waals surface area contributed by atoms with Crippen LogP contribution >= 0.6 is 12.6 Å². The molecule has 0 aromatic carbocycles. The van der Waals surface area contributed by atoms with Crippen molar-refractivity contribution in [3.8, 4) is 0 Å². The van der Waals surface area contributed by atoms with Crippen LogP contribution in [0, 0.1) is 0 Å². The summed E-state index contributed by atoms with van der Waals surface area (Å²) in [6.45, 7) is 2.61. The molecular formula is C9H12N2O2S. The smallest absolute Gasteiger partial charge is 0.234 e. The molecule has 0 N–H and O–H groups in total. The van der Waals surface area contributed by atoms with Crippen molar-refractivity contribution < 1.29 is 9.32 Å². The van der Waals surface area contributed by atoms with Gasteiger partial charge in [-0.3, -0.25) is 9.69 Å². The number of aromatic nitrogens is 1. The van der Waals surface area contributed by atoms with Gasteiger partial charge in [0.15, 0.2) is 0 Å². The van der Waals surface area contributed by atoms with Gasteiger partial charge in [-0.1, -0.05) is 12.1 Å². The zero-order chi connectivity index (χ0) is 10.1. The maximum atomic E-state index is 11.5. The number of carbonyl (C=O) groups is 1. The van der Waals surface area contributed by atoms with Gasteiger partial charge in [-0.15, -0.1) is 0 Å². The fraction of sp³-hybridized carbons (Fsp3) is 0.556. The number of rotatable bonds is 2. The zero-order valence-corrected chi connectivity index (χ0v) is 8.83. The van der Waals surface area contributed by atoms with Crippen molar-refractivity contribution in [1.82, 2.24) is 5.16 Å². The van der Waals surface area contributed by atoms with Crippen LogP contribution < -0.4 is 4.90 Å². The Balaban J connectivity index is 2.18. The fourth-order valence-corrected chi connectivity index (χ4v) is 1.82. The summed E-state index contributed by atoms with van der Waals surface area (Å²) in [7, 11) is 0. The first-order valence-corrected chi connectivity index (χ1v) is 5.16. The molecule has 0 aliphatic carbocycles. The number of aryl methyl sites for hydroxylation is 1. The fourth-order valence-electron chi connectivity index (χ4n) is 1.50. The van der Waals surface area contributed by atoms with E-state index < -0.39 is 0 Å². The van der Waals surface area contributed by atoms with Gasteiger partial charge in [0, 0.05) is 24.3 Å². The lowest BCUT2D eigenvalue weighted by Crippen LogP contribution is -2.23. The van der Waals surface area contributed by atoms with E-state index in [1.807, 2.05) is 13.0 Å². The Bertz CT molecular complexity index is 350. The minimum Gasteiger partial charge on any atom is -0.338 e. The van der Waals surface area contributed by atoms with Crippen molar-refractivity contribution in [1.29, 1.82) is 0 Å². The maximum Gasteiger partial charge on any atom is 0.234 e. The van der Waals surface area contributed by atoms with Crippen molar-refractivity contribution in [3.05, 3.63) is 11.8 Å². The Kier molecular flexibility index (Phi) is 2.50. The molecule has 0 spiro atoms. The first kappa shape index (κ1) is 9.58. The van der Waals surface area contributed by atoms with Crippen LogP contribution in [0.5, 0.6) is 0 Å². The molecule has 1 saturated heterocycles. The van der Waals surface area contributed by atoms with Crippen LogP contribution in [-0.2, 0) is 11.2 Å². The van der Waals surface area contributed by atoms with Crippen molar-refractivity contribution >= 4 is 24.4 Å². The van der Waals surface area contributed by atoms with Gasteiger partial charge in [0.1, 0.15) is 0 Å². The molecule has 1 amide bonds. The van der Waals surface area contributed by atoms with Crippen molar-refractivity contribution in [2.75, 3.05) is 11.4 Å². The predicted molar refractivity (Wildman–Crippen MR) is 55.6 cm³/mol. The molecule has 14 heavy (non-hydrogen) atoms. The summed E-state index contributed by atoms with van der Waals surface area (Å²) in [5.74, 6) is 0.604. The molecule has 0 bridgehead atoms. The normalized spacial score (nSPS) is 22.0. The lowest BCUT2D eigenvalue weighted by atomic mass is 10.3. The van der Waals surface area contributed by atoms with E-state index in [4.69, 9.17) is 4.52 Å². The minimum atomic E-state index is 0.0591. The molecule has 2 heterocycles. The molecule has 1 atom stereocenters. The summed E-state index contributed by atoms with van der Waals surface area (Å²) in [5, 5.41) is 3.95. The average molecular weight is 212 g/mol. The average Bonchev–Trinajstić information content (AvgIpc) is 2.71. The number of carbonyl (C=O) groups excluding carboxylic acids is 1.